The first-order chi connectivity index (χ1) is 6.79. The predicted octanol–water partition coefficient (Wildman–Crippen LogP) is 3.11. The lowest BCUT2D eigenvalue weighted by Gasteiger charge is -2.02. The van der Waals surface area contributed by atoms with E-state index in [1.54, 1.807) is 7.11 Å². The standard InChI is InChI=1S/C12H11ClO/c1-14-12-7-6-11(13)8-10(12)5-4-9-2-3-9/h6-9H,2-3H2,1H3. The molecule has 0 bridgehead atoms. The van der Waals surface area contributed by atoms with E-state index in [9.17, 15) is 0 Å². The average molecular weight is 207 g/mol. The van der Waals surface area contributed by atoms with Gasteiger partial charge in [0.25, 0.3) is 0 Å². The van der Waals surface area contributed by atoms with Gasteiger partial charge in [0.2, 0.25) is 0 Å². The number of ether oxygens (including phenoxy) is 1. The number of methoxy groups -OCH3 is 1. The zero-order valence-electron chi connectivity index (χ0n) is 8.01. The summed E-state index contributed by atoms with van der Waals surface area (Å²) in [6.45, 7) is 0. The molecule has 1 saturated carbocycles. The molecular weight excluding hydrogens is 196 g/mol. The topological polar surface area (TPSA) is 9.23 Å². The molecule has 0 saturated heterocycles. The van der Waals surface area contributed by atoms with Crippen LogP contribution in [0.2, 0.25) is 5.02 Å². The zero-order valence-corrected chi connectivity index (χ0v) is 8.77. The number of hydrogen-bond donors (Lipinski definition) is 0. The molecule has 0 unspecified atom stereocenters. The third kappa shape index (κ3) is 2.21. The molecule has 2 rings (SSSR count). The first-order valence-corrected chi connectivity index (χ1v) is 5.02. The Hall–Kier alpha value is -1.13. The Morgan fingerprint density at radius 1 is 1.43 bits per heavy atom. The van der Waals surface area contributed by atoms with E-state index in [4.69, 9.17) is 16.3 Å². The van der Waals surface area contributed by atoms with Gasteiger partial charge in [-0.05, 0) is 31.0 Å². The van der Waals surface area contributed by atoms with E-state index in [2.05, 4.69) is 11.8 Å². The van der Waals surface area contributed by atoms with Gasteiger partial charge in [0.1, 0.15) is 5.75 Å². The molecule has 0 amide bonds. The Kier molecular flexibility index (Phi) is 2.65. The van der Waals surface area contributed by atoms with Crippen LogP contribution in [0, 0.1) is 17.8 Å². The molecule has 14 heavy (non-hydrogen) atoms. The monoisotopic (exact) mass is 206 g/mol. The fourth-order valence-corrected chi connectivity index (χ4v) is 1.36. The summed E-state index contributed by atoms with van der Waals surface area (Å²) >= 11 is 5.88. The summed E-state index contributed by atoms with van der Waals surface area (Å²) in [5, 5.41) is 0.700. The van der Waals surface area contributed by atoms with E-state index in [1.807, 2.05) is 18.2 Å². The molecule has 0 heterocycles. The Labute approximate surface area is 89.0 Å². The Balaban J connectivity index is 2.29. The second kappa shape index (κ2) is 3.94. The van der Waals surface area contributed by atoms with Gasteiger partial charge < -0.3 is 4.74 Å². The van der Waals surface area contributed by atoms with Crippen molar-refractivity contribution in [3.8, 4) is 17.6 Å². The molecule has 0 aromatic heterocycles. The van der Waals surface area contributed by atoms with Gasteiger partial charge in [-0.3, -0.25) is 0 Å². The summed E-state index contributed by atoms with van der Waals surface area (Å²) in [6, 6.07) is 5.50. The highest BCUT2D eigenvalue weighted by Crippen LogP contribution is 2.28. The van der Waals surface area contributed by atoms with Crippen molar-refractivity contribution in [1.29, 1.82) is 0 Å². The summed E-state index contributed by atoms with van der Waals surface area (Å²) in [5.74, 6) is 7.68. The third-order valence-electron chi connectivity index (χ3n) is 2.15. The van der Waals surface area contributed by atoms with Gasteiger partial charge in [-0.25, -0.2) is 0 Å². The normalized spacial score (nSPS) is 14.4. The van der Waals surface area contributed by atoms with Crippen molar-refractivity contribution in [2.24, 2.45) is 5.92 Å². The van der Waals surface area contributed by atoms with Gasteiger partial charge in [0.05, 0.1) is 12.7 Å². The fraction of sp³-hybridized carbons (Fsp3) is 0.333. The van der Waals surface area contributed by atoms with Gasteiger partial charge in [0, 0.05) is 10.9 Å². The van der Waals surface area contributed by atoms with Crippen LogP contribution in [0.25, 0.3) is 0 Å². The third-order valence-corrected chi connectivity index (χ3v) is 2.38. The molecule has 0 N–H and O–H groups in total. The molecule has 72 valence electrons. The van der Waals surface area contributed by atoms with Gasteiger partial charge in [0.15, 0.2) is 0 Å². The summed E-state index contributed by atoms with van der Waals surface area (Å²) < 4.78 is 5.19. The van der Waals surface area contributed by atoms with Crippen LogP contribution in [0.3, 0.4) is 0 Å². The zero-order chi connectivity index (χ0) is 9.97. The molecule has 1 aromatic rings. The largest absolute Gasteiger partial charge is 0.495 e. The SMILES string of the molecule is COc1ccc(Cl)cc1C#CC1CC1. The van der Waals surface area contributed by atoms with E-state index in [0.717, 1.165) is 11.3 Å². The van der Waals surface area contributed by atoms with Crippen molar-refractivity contribution in [1.82, 2.24) is 0 Å². The number of benzene rings is 1. The Bertz CT molecular complexity index is 397. The van der Waals surface area contributed by atoms with Crippen LogP contribution < -0.4 is 4.74 Å². The highest BCUT2D eigenvalue weighted by molar-refractivity contribution is 6.30. The molecule has 0 atom stereocenters. The van der Waals surface area contributed by atoms with Gasteiger partial charge in [-0.1, -0.05) is 23.4 Å². The lowest BCUT2D eigenvalue weighted by atomic mass is 10.2. The number of hydrogen-bond acceptors (Lipinski definition) is 1. The van der Waals surface area contributed by atoms with Crippen LogP contribution in [0.4, 0.5) is 0 Å². The second-order valence-electron chi connectivity index (χ2n) is 3.39. The van der Waals surface area contributed by atoms with Crippen molar-refractivity contribution in [2.45, 2.75) is 12.8 Å². The minimum atomic E-state index is 0.596. The summed E-state index contributed by atoms with van der Waals surface area (Å²) in [6.07, 6.45) is 2.46. The molecule has 1 aromatic carbocycles. The highest BCUT2D eigenvalue weighted by atomic mass is 35.5. The molecule has 0 radical (unpaired) electrons. The second-order valence-corrected chi connectivity index (χ2v) is 3.82. The Morgan fingerprint density at radius 2 is 2.21 bits per heavy atom. The van der Waals surface area contributed by atoms with Crippen LogP contribution >= 0.6 is 11.6 Å². The van der Waals surface area contributed by atoms with Crippen molar-refractivity contribution in [2.75, 3.05) is 7.11 Å². The van der Waals surface area contributed by atoms with Crippen LogP contribution in [-0.4, -0.2) is 7.11 Å². The van der Waals surface area contributed by atoms with Crippen LogP contribution in [-0.2, 0) is 0 Å². The maximum absolute atomic E-state index is 5.88. The molecule has 1 aliphatic carbocycles. The van der Waals surface area contributed by atoms with Gasteiger partial charge in [-0.15, -0.1) is 0 Å². The van der Waals surface area contributed by atoms with Crippen molar-refractivity contribution in [3.63, 3.8) is 0 Å². The summed E-state index contributed by atoms with van der Waals surface area (Å²) in [7, 11) is 1.64. The maximum Gasteiger partial charge on any atom is 0.134 e. The molecule has 1 aliphatic rings. The smallest absolute Gasteiger partial charge is 0.134 e. The van der Waals surface area contributed by atoms with E-state index in [0.29, 0.717) is 10.9 Å². The van der Waals surface area contributed by atoms with E-state index in [1.165, 1.54) is 12.8 Å². The molecule has 0 aliphatic heterocycles. The molecule has 2 heteroatoms. The fourth-order valence-electron chi connectivity index (χ4n) is 1.19. The van der Waals surface area contributed by atoms with Crippen LogP contribution in [0.5, 0.6) is 5.75 Å². The van der Waals surface area contributed by atoms with E-state index < -0.39 is 0 Å². The molecule has 0 spiro atoms. The molecule has 1 fully saturated rings. The Morgan fingerprint density at radius 3 is 2.86 bits per heavy atom. The number of halogens is 1. The van der Waals surface area contributed by atoms with E-state index >= 15 is 0 Å². The lowest BCUT2D eigenvalue weighted by molar-refractivity contribution is 0.413. The highest BCUT2D eigenvalue weighted by Gasteiger charge is 2.17. The molecule has 1 nitrogen and oxygen atoms in total. The summed E-state index contributed by atoms with van der Waals surface area (Å²) in [4.78, 5) is 0. The molecular formula is C12H11ClO. The van der Waals surface area contributed by atoms with E-state index in [-0.39, 0.29) is 0 Å². The summed E-state index contributed by atoms with van der Waals surface area (Å²) in [5.41, 5.74) is 0.881. The quantitative estimate of drug-likeness (QED) is 0.642. The average Bonchev–Trinajstić information content (AvgIpc) is 2.98. The van der Waals surface area contributed by atoms with Crippen LogP contribution in [0.15, 0.2) is 18.2 Å². The predicted molar refractivity (Wildman–Crippen MR) is 57.6 cm³/mol. The maximum atomic E-state index is 5.88. The van der Waals surface area contributed by atoms with Gasteiger partial charge >= 0.3 is 0 Å². The van der Waals surface area contributed by atoms with Crippen molar-refractivity contribution in [3.05, 3.63) is 28.8 Å². The first kappa shape index (κ1) is 9.43. The minimum Gasteiger partial charge on any atom is -0.495 e. The van der Waals surface area contributed by atoms with Gasteiger partial charge in [-0.2, -0.15) is 0 Å². The van der Waals surface area contributed by atoms with Crippen molar-refractivity contribution >= 4 is 11.6 Å². The van der Waals surface area contributed by atoms with Crippen molar-refractivity contribution < 1.29 is 4.74 Å². The van der Waals surface area contributed by atoms with Crippen LogP contribution in [0.1, 0.15) is 18.4 Å². The lowest BCUT2D eigenvalue weighted by Crippen LogP contribution is -1.87. The number of rotatable bonds is 1. The minimum absolute atomic E-state index is 0.596. The first-order valence-electron chi connectivity index (χ1n) is 4.64.